The topological polar surface area (TPSA) is 184 Å². The molecule has 0 amide bonds. The van der Waals surface area contributed by atoms with E-state index < -0.39 is 51.8 Å². The number of aliphatic hydroxyl groups excluding tert-OH is 1. The van der Waals surface area contributed by atoms with Crippen LogP contribution in [0.4, 0.5) is 43.9 Å². The first-order valence-corrected chi connectivity index (χ1v) is 37.0. The number of rotatable bonds is 17. The third kappa shape index (κ3) is 39.9. The van der Waals surface area contributed by atoms with Crippen molar-refractivity contribution in [1.29, 1.82) is 10.5 Å². The van der Waals surface area contributed by atoms with Crippen molar-refractivity contribution >= 4 is 84.6 Å². The predicted octanol–water partition coefficient (Wildman–Crippen LogP) is 21.5. The molecule has 598 valence electrons. The van der Waals surface area contributed by atoms with Crippen molar-refractivity contribution in [3.8, 4) is 12.1 Å². The van der Waals surface area contributed by atoms with E-state index in [1.807, 2.05) is 18.2 Å². The summed E-state index contributed by atoms with van der Waals surface area (Å²) in [5.41, 5.74) is 7.21. The van der Waals surface area contributed by atoms with E-state index in [1.165, 1.54) is 140 Å². The molecule has 0 aliphatic heterocycles. The van der Waals surface area contributed by atoms with Gasteiger partial charge in [0.1, 0.15) is 76.7 Å². The summed E-state index contributed by atoms with van der Waals surface area (Å²) in [7, 11) is -3.08. The molecule has 0 aromatic heterocycles. The number of nitriles is 2. The van der Waals surface area contributed by atoms with Gasteiger partial charge < -0.3 is 21.6 Å². The van der Waals surface area contributed by atoms with Crippen LogP contribution in [0.3, 0.4) is 0 Å². The molecule has 2 unspecified atom stereocenters. The van der Waals surface area contributed by atoms with Crippen molar-refractivity contribution in [1.82, 2.24) is 4.84 Å². The second-order valence-electron chi connectivity index (χ2n) is 21.9. The van der Waals surface area contributed by atoms with Gasteiger partial charge in [-0.1, -0.05) is 146 Å². The second kappa shape index (κ2) is 61.6. The van der Waals surface area contributed by atoms with Crippen LogP contribution in [0.2, 0.25) is 0 Å². The number of carbonyl (C=O) groups excluding carboxylic acids is 2. The first-order chi connectivity index (χ1) is 51.5. The molecule has 0 aliphatic rings. The molecule has 3 radical (unpaired) electrons. The van der Waals surface area contributed by atoms with Gasteiger partial charge in [0.15, 0.2) is 5.78 Å². The standard InChI is InChI=1S/C16H16ClF2N.C16H11F2N.C14H12F2O.C14H10F2O.C8H7FO.C6H4BrF.C6H12NO3P.CH2Cl2.2CH4.CH3.B.Mn.Na.2O/c1-11-14(6-3-7-16(11)19)15(8-9-20-17)12-4-2-5-13(18)10-12;1-11-14(6-3-7-16(11)18)15(8-9-19)12-4-2-5-13(17)10-12;2*1-9-12(6-3-7-13(9)16)14(17)10-4-2-5-11(15)8-10;1-6-7(5-10)3-2-4-8(6)9;7-5-2-1-3-6(8)4-5;1-3-9-11(8,6-5-7)10-4-2;2-1-3;;;;;;;;/h2-7,10,15,20H,8-9H2,1H3;2-8,10H,1H3;2-8,14,17H,1H3;2-8H,1H3;2-5H,1H3;1-4H;3-4,6H2,1-2H3;1H2;2*1H4;1H3;;;;;/q;;;;;;;;;;-1;;;+1;;/b;15-8-;;;;;;;;;;;;;;. The Morgan fingerprint density at radius 1 is 0.558 bits per heavy atom. The third-order valence-corrected chi connectivity index (χ3v) is 17.4. The third-order valence-electron chi connectivity index (χ3n) is 14.9. The number of alkyl halides is 2. The Morgan fingerprint density at radius 3 is 1.35 bits per heavy atom. The Balaban J connectivity index is -0.000000611. The molecule has 2 N–H and O–H groups in total. The number of halogens is 14. The van der Waals surface area contributed by atoms with Crippen LogP contribution in [-0.2, 0) is 36.1 Å². The number of hydrogen-bond acceptors (Lipinski definition) is 11. The molecule has 0 heterocycles. The van der Waals surface area contributed by atoms with Crippen LogP contribution in [-0.4, -0.2) is 56.8 Å². The fraction of sp³-hybridized carbons (Fsp3) is 0.202. The van der Waals surface area contributed by atoms with Crippen LogP contribution in [0.1, 0.15) is 135 Å². The average Bonchev–Trinajstić information content (AvgIpc) is 0.837. The van der Waals surface area contributed by atoms with Gasteiger partial charge in [-0.25, -0.2) is 48.7 Å². The van der Waals surface area contributed by atoms with Gasteiger partial charge in [-0.2, -0.15) is 10.5 Å². The number of hydrogen-bond donors (Lipinski definition) is 2. The van der Waals surface area contributed by atoms with Crippen LogP contribution < -0.4 is 34.4 Å². The Hall–Kier alpha value is -7.84. The van der Waals surface area contributed by atoms with Gasteiger partial charge >= 0.3 is 59.6 Å². The van der Waals surface area contributed by atoms with Crippen molar-refractivity contribution in [3.63, 3.8) is 0 Å². The molecule has 0 saturated heterocycles. The van der Waals surface area contributed by atoms with E-state index in [-0.39, 0.29) is 135 Å². The number of nitrogens with zero attached hydrogens (tertiary/aromatic N) is 2. The molecule has 113 heavy (non-hydrogen) atoms. The molecule has 10 aromatic carbocycles. The van der Waals surface area contributed by atoms with Gasteiger partial charge in [0, 0.05) is 48.1 Å². The fourth-order valence-corrected chi connectivity index (χ4v) is 11.3. The molecule has 29 heteroatoms. The zero-order valence-corrected chi connectivity index (χ0v) is 69.6. The summed E-state index contributed by atoms with van der Waals surface area (Å²) in [6, 6.07) is 56.2. The van der Waals surface area contributed by atoms with Gasteiger partial charge in [-0.3, -0.25) is 14.2 Å². The zero-order chi connectivity index (χ0) is 80.9. The van der Waals surface area contributed by atoms with E-state index in [0.717, 1.165) is 21.7 Å². The zero-order valence-electron chi connectivity index (χ0n) is 61.7. The summed E-state index contributed by atoms with van der Waals surface area (Å²) >= 11 is 16.7. The number of benzene rings is 10. The summed E-state index contributed by atoms with van der Waals surface area (Å²) in [5.74, 6) is -4.00. The molecule has 0 spiro atoms. The second-order valence-corrected chi connectivity index (χ2v) is 26.2. The van der Waals surface area contributed by atoms with Crippen molar-refractivity contribution < 1.29 is 124 Å². The maximum atomic E-state index is 13.7. The molecule has 0 saturated carbocycles. The Kier molecular flexibility index (Phi) is 60.8. The summed E-state index contributed by atoms with van der Waals surface area (Å²) in [5, 5.41) is 27.4. The minimum absolute atomic E-state index is 0. The van der Waals surface area contributed by atoms with E-state index in [2.05, 4.69) is 20.8 Å². The van der Waals surface area contributed by atoms with Gasteiger partial charge in [0.05, 0.1) is 30.7 Å². The summed E-state index contributed by atoms with van der Waals surface area (Å²) < 4.78 is 170. The van der Waals surface area contributed by atoms with E-state index in [4.69, 9.17) is 62.2 Å². The first kappa shape index (κ1) is 111. The van der Waals surface area contributed by atoms with Crippen LogP contribution >= 0.6 is 58.5 Å². The minimum atomic E-state index is -3.08. The Bertz CT molecular complexity index is 4720. The number of aliphatic hydroxyl groups is 1. The number of aldehydes is 1. The van der Waals surface area contributed by atoms with E-state index >= 15 is 0 Å². The van der Waals surface area contributed by atoms with Crippen molar-refractivity contribution in [2.45, 2.75) is 81.8 Å². The number of allylic oxidation sites excluding steroid dienone is 1. The molecular weight excluding hydrogens is 1670 g/mol. The molecule has 11 nitrogen and oxygen atoms in total. The van der Waals surface area contributed by atoms with Crippen LogP contribution in [0, 0.1) is 123 Å². The average molecular weight is 1760 g/mol. The van der Waals surface area contributed by atoms with E-state index in [9.17, 15) is 63.2 Å². The number of nitrogens with one attached hydrogen (secondary N) is 1. The van der Waals surface area contributed by atoms with Crippen LogP contribution in [0.15, 0.2) is 223 Å². The number of ketones is 1. The normalized spacial score (nSPS) is 10.3. The SMILES string of the molecule is C.C.CCOP(=O)(CC#N)OCC.Cc1c(F)cccc1/C(=C\C#N)c1cccc(F)c1.Cc1c(F)cccc1C(=O)c1cccc(F)c1.Cc1c(F)cccc1C(CCNCl)c1cccc(F)c1.Cc1c(F)cccc1C(O)c1cccc(F)c1.Cc1c(F)cccc1C=O.ClCCl.Fc1cccc(Br)c1.[B].[CH3-].[Na+].[O]=[Mn]=[O]. The van der Waals surface area contributed by atoms with E-state index in [0.29, 0.717) is 88.1 Å². The number of carbonyl (C=O) groups is 2. The van der Waals surface area contributed by atoms with Crippen molar-refractivity contribution in [3.05, 3.63) is 366 Å². The molecule has 2 atom stereocenters. The van der Waals surface area contributed by atoms with Crippen molar-refractivity contribution in [2.75, 3.05) is 31.3 Å². The first-order valence-electron chi connectivity index (χ1n) is 32.1. The quantitative estimate of drug-likeness (QED) is 0.0102. The fourth-order valence-electron chi connectivity index (χ4n) is 9.60. The van der Waals surface area contributed by atoms with Gasteiger partial charge in [0.25, 0.3) is 0 Å². The van der Waals surface area contributed by atoms with Crippen LogP contribution in [0.5, 0.6) is 0 Å². The Morgan fingerprint density at radius 2 is 0.929 bits per heavy atom. The van der Waals surface area contributed by atoms with Gasteiger partial charge in [-0.05, 0) is 230 Å². The molecule has 0 fully saturated rings. The molecule has 10 aromatic rings. The molecule has 0 bridgehead atoms. The maximum absolute atomic E-state index is 13.7. The molecular formula is C84H85BBrCl3F10MnN3NaO8P. The van der Waals surface area contributed by atoms with Gasteiger partial charge in [0.2, 0.25) is 0 Å². The van der Waals surface area contributed by atoms with Crippen molar-refractivity contribution in [2.24, 2.45) is 0 Å². The van der Waals surface area contributed by atoms with E-state index in [1.54, 1.807) is 114 Å². The molecule has 0 aliphatic carbocycles. The summed E-state index contributed by atoms with van der Waals surface area (Å²) in [6.45, 7) is 12.7. The monoisotopic (exact) mass is 1760 g/mol. The molecule has 10 rings (SSSR count). The predicted molar refractivity (Wildman–Crippen MR) is 426 cm³/mol. The Labute approximate surface area is 710 Å². The van der Waals surface area contributed by atoms with Crippen LogP contribution in [0.25, 0.3) is 5.57 Å². The summed E-state index contributed by atoms with van der Waals surface area (Å²) in [6.07, 6.45) is 1.43. The van der Waals surface area contributed by atoms with Gasteiger partial charge in [-0.15, -0.1) is 23.2 Å². The summed E-state index contributed by atoms with van der Waals surface area (Å²) in [4.78, 5) is 24.8.